The summed E-state index contributed by atoms with van der Waals surface area (Å²) in [5, 5.41) is 11.9. The van der Waals surface area contributed by atoms with Crippen molar-refractivity contribution in [2.45, 2.75) is 19.0 Å². The highest BCUT2D eigenvalue weighted by Gasteiger charge is 2.23. The molecule has 1 heterocycles. The zero-order valence-corrected chi connectivity index (χ0v) is 13.9. The van der Waals surface area contributed by atoms with Crippen LogP contribution in [0.15, 0.2) is 54.6 Å². The molecule has 1 aliphatic heterocycles. The molecule has 0 spiro atoms. The minimum atomic E-state index is -1.05. The van der Waals surface area contributed by atoms with Gasteiger partial charge in [0.15, 0.2) is 0 Å². The third-order valence-corrected chi connectivity index (χ3v) is 4.29. The number of aliphatic carboxylic acids is 1. The molecule has 0 aliphatic carbocycles. The molecule has 1 atom stereocenters. The van der Waals surface area contributed by atoms with Crippen LogP contribution in [0.4, 0.5) is 10.1 Å². The van der Waals surface area contributed by atoms with E-state index in [1.165, 1.54) is 17.7 Å². The fourth-order valence-corrected chi connectivity index (χ4v) is 3.08. The Morgan fingerprint density at radius 2 is 2.08 bits per heavy atom. The maximum absolute atomic E-state index is 14.2. The van der Waals surface area contributed by atoms with Gasteiger partial charge in [-0.15, -0.1) is 0 Å². The maximum atomic E-state index is 14.2. The molecule has 1 fully saturated rings. The number of hydrogen-bond donors (Lipinski definition) is 2. The van der Waals surface area contributed by atoms with Crippen molar-refractivity contribution < 1.29 is 14.3 Å². The quantitative estimate of drug-likeness (QED) is 0.789. The minimum Gasteiger partial charge on any atom is -0.478 e. The number of benzene rings is 2. The third kappa shape index (κ3) is 4.90. The van der Waals surface area contributed by atoms with Crippen LogP contribution in [0, 0.1) is 5.82 Å². The molecular formula is C20H21FN2O2. The first-order valence-corrected chi connectivity index (χ1v) is 8.33. The van der Waals surface area contributed by atoms with E-state index < -0.39 is 5.97 Å². The Morgan fingerprint density at radius 3 is 2.80 bits per heavy atom. The summed E-state index contributed by atoms with van der Waals surface area (Å²) in [6.07, 6.45) is 3.35. The van der Waals surface area contributed by atoms with Gasteiger partial charge in [-0.3, -0.25) is 4.90 Å². The summed E-state index contributed by atoms with van der Waals surface area (Å²) in [7, 11) is 0. The van der Waals surface area contributed by atoms with E-state index in [0.29, 0.717) is 11.3 Å². The number of nitrogens with one attached hydrogen (secondary N) is 1. The van der Waals surface area contributed by atoms with Crippen molar-refractivity contribution in [2.75, 3.05) is 18.4 Å². The van der Waals surface area contributed by atoms with Gasteiger partial charge in [-0.2, -0.15) is 0 Å². The predicted octanol–water partition coefficient (Wildman–Crippen LogP) is 3.61. The Bertz CT molecular complexity index is 762. The van der Waals surface area contributed by atoms with Crippen molar-refractivity contribution in [3.8, 4) is 0 Å². The fraction of sp³-hybridized carbons (Fsp3) is 0.250. The number of carboxylic acids is 1. The summed E-state index contributed by atoms with van der Waals surface area (Å²) < 4.78 is 14.2. The average Bonchev–Trinajstić information content (AvgIpc) is 3.03. The lowest BCUT2D eigenvalue weighted by Crippen LogP contribution is -2.26. The number of halogens is 1. The SMILES string of the molecule is O=C(O)C=Cc1ccc(N[C@@H]2CCN(Cc3ccccc3)C2)c(F)c1. The molecule has 0 aromatic heterocycles. The summed E-state index contributed by atoms with van der Waals surface area (Å²) in [6.45, 7) is 2.75. The van der Waals surface area contributed by atoms with Gasteiger partial charge in [-0.25, -0.2) is 9.18 Å². The van der Waals surface area contributed by atoms with Crippen LogP contribution in [-0.2, 0) is 11.3 Å². The van der Waals surface area contributed by atoms with Gasteiger partial charge in [0.2, 0.25) is 0 Å². The summed E-state index contributed by atoms with van der Waals surface area (Å²) >= 11 is 0. The molecule has 0 radical (unpaired) electrons. The lowest BCUT2D eigenvalue weighted by atomic mass is 10.1. The molecule has 0 unspecified atom stereocenters. The van der Waals surface area contributed by atoms with E-state index in [-0.39, 0.29) is 11.9 Å². The van der Waals surface area contributed by atoms with Crippen LogP contribution in [0.5, 0.6) is 0 Å². The molecule has 1 saturated heterocycles. The maximum Gasteiger partial charge on any atom is 0.328 e. The Labute approximate surface area is 146 Å². The molecule has 4 nitrogen and oxygen atoms in total. The number of carboxylic acid groups (broad SMARTS) is 1. The van der Waals surface area contributed by atoms with E-state index in [2.05, 4.69) is 22.3 Å². The van der Waals surface area contributed by atoms with Crippen molar-refractivity contribution >= 4 is 17.7 Å². The largest absolute Gasteiger partial charge is 0.478 e. The monoisotopic (exact) mass is 340 g/mol. The van der Waals surface area contributed by atoms with Gasteiger partial charge in [0.05, 0.1) is 5.69 Å². The number of hydrogen-bond acceptors (Lipinski definition) is 3. The van der Waals surface area contributed by atoms with Gasteiger partial charge in [-0.1, -0.05) is 36.4 Å². The minimum absolute atomic E-state index is 0.207. The normalized spacial score (nSPS) is 17.9. The zero-order chi connectivity index (χ0) is 17.6. The molecule has 2 aromatic carbocycles. The topological polar surface area (TPSA) is 52.6 Å². The first kappa shape index (κ1) is 17.2. The molecule has 130 valence electrons. The van der Waals surface area contributed by atoms with Crippen LogP contribution in [-0.4, -0.2) is 35.1 Å². The summed E-state index contributed by atoms with van der Waals surface area (Å²) in [4.78, 5) is 12.9. The molecular weight excluding hydrogens is 319 g/mol. The van der Waals surface area contributed by atoms with Gasteiger partial charge >= 0.3 is 5.97 Å². The van der Waals surface area contributed by atoms with E-state index in [0.717, 1.165) is 32.1 Å². The van der Waals surface area contributed by atoms with Crippen LogP contribution in [0.2, 0.25) is 0 Å². The average molecular weight is 340 g/mol. The second kappa shape index (κ2) is 7.94. The Kier molecular flexibility index (Phi) is 5.46. The number of rotatable bonds is 6. The first-order chi connectivity index (χ1) is 12.1. The summed E-state index contributed by atoms with van der Waals surface area (Å²) in [6, 6.07) is 15.2. The summed E-state index contributed by atoms with van der Waals surface area (Å²) in [5.74, 6) is -1.42. The smallest absolute Gasteiger partial charge is 0.328 e. The molecule has 0 saturated carbocycles. The lowest BCUT2D eigenvalue weighted by Gasteiger charge is -2.18. The standard InChI is InChI=1S/C20H21FN2O2/c21-18-12-15(7-9-20(24)25)6-8-19(18)22-17-10-11-23(14-17)13-16-4-2-1-3-5-16/h1-9,12,17,22H,10-11,13-14H2,(H,24,25)/t17-/m1/s1. The van der Waals surface area contributed by atoms with Gasteiger partial charge in [0.25, 0.3) is 0 Å². The Hall–Kier alpha value is -2.66. The number of anilines is 1. The number of carbonyl (C=O) groups is 1. The predicted molar refractivity (Wildman–Crippen MR) is 96.8 cm³/mol. The van der Waals surface area contributed by atoms with Crippen molar-refractivity contribution in [2.24, 2.45) is 0 Å². The molecule has 1 aliphatic rings. The van der Waals surface area contributed by atoms with Gasteiger partial charge in [0.1, 0.15) is 5.82 Å². The summed E-state index contributed by atoms with van der Waals surface area (Å²) in [5.41, 5.74) is 2.27. The van der Waals surface area contributed by atoms with Crippen LogP contribution in [0.3, 0.4) is 0 Å². The van der Waals surface area contributed by atoms with Crippen LogP contribution in [0.1, 0.15) is 17.5 Å². The van der Waals surface area contributed by atoms with Crippen LogP contribution < -0.4 is 5.32 Å². The van der Waals surface area contributed by atoms with Gasteiger partial charge in [0, 0.05) is 31.8 Å². The fourth-order valence-electron chi connectivity index (χ4n) is 3.08. The van der Waals surface area contributed by atoms with E-state index in [4.69, 9.17) is 5.11 Å². The molecule has 0 bridgehead atoms. The van der Waals surface area contributed by atoms with E-state index >= 15 is 0 Å². The van der Waals surface area contributed by atoms with E-state index in [1.54, 1.807) is 12.1 Å². The molecule has 25 heavy (non-hydrogen) atoms. The molecule has 3 rings (SSSR count). The Balaban J connectivity index is 1.57. The second-order valence-corrected chi connectivity index (χ2v) is 6.26. The van der Waals surface area contributed by atoms with Gasteiger partial charge in [-0.05, 0) is 35.8 Å². The molecule has 2 aromatic rings. The highest BCUT2D eigenvalue weighted by Crippen LogP contribution is 2.21. The first-order valence-electron chi connectivity index (χ1n) is 8.33. The Morgan fingerprint density at radius 1 is 1.28 bits per heavy atom. The van der Waals surface area contributed by atoms with E-state index in [9.17, 15) is 9.18 Å². The highest BCUT2D eigenvalue weighted by molar-refractivity contribution is 5.85. The molecule has 0 amide bonds. The van der Waals surface area contributed by atoms with Crippen molar-refractivity contribution in [3.05, 3.63) is 71.6 Å². The van der Waals surface area contributed by atoms with Crippen LogP contribution in [0.25, 0.3) is 6.08 Å². The van der Waals surface area contributed by atoms with Gasteiger partial charge < -0.3 is 10.4 Å². The van der Waals surface area contributed by atoms with Crippen molar-refractivity contribution in [3.63, 3.8) is 0 Å². The highest BCUT2D eigenvalue weighted by atomic mass is 19.1. The van der Waals surface area contributed by atoms with E-state index in [1.807, 2.05) is 18.2 Å². The second-order valence-electron chi connectivity index (χ2n) is 6.26. The molecule has 2 N–H and O–H groups in total. The third-order valence-electron chi connectivity index (χ3n) is 4.29. The zero-order valence-electron chi connectivity index (χ0n) is 13.9. The van der Waals surface area contributed by atoms with Crippen molar-refractivity contribution in [1.82, 2.24) is 4.90 Å². The molecule has 5 heteroatoms. The number of likely N-dealkylation sites (tertiary alicyclic amines) is 1. The van der Waals surface area contributed by atoms with Crippen molar-refractivity contribution in [1.29, 1.82) is 0 Å². The lowest BCUT2D eigenvalue weighted by molar-refractivity contribution is -0.131. The van der Waals surface area contributed by atoms with Crippen LogP contribution >= 0.6 is 0 Å². The number of nitrogens with zero attached hydrogens (tertiary/aromatic N) is 1.